The summed E-state index contributed by atoms with van der Waals surface area (Å²) in [4.78, 5) is 11.1. The minimum atomic E-state index is 0.445. The molecule has 0 saturated carbocycles. The molecule has 3 aromatic rings. The van der Waals surface area contributed by atoms with E-state index in [2.05, 4.69) is 79.0 Å². The number of likely N-dealkylation sites (tertiary alicyclic amines) is 1. The number of benzene rings is 1. The second kappa shape index (κ2) is 8.50. The fourth-order valence-corrected chi connectivity index (χ4v) is 4.21. The third kappa shape index (κ3) is 3.91. The first-order valence-electron chi connectivity index (χ1n) is 10.2. The standard InChI is InChI=1S/C22H30N6/c1-18-8-13-27(16-21(18)28-15-11-24-17-28)22(23-2)25-10-5-12-26-14-9-19-6-3-4-7-20(19)26/h3-4,6-7,9,11,14-15,17-18,21H,5,8,10,12-13,16H2,1-2H3,(H,23,25). The summed E-state index contributed by atoms with van der Waals surface area (Å²) in [6, 6.07) is 11.2. The monoisotopic (exact) mass is 378 g/mol. The molecule has 1 aliphatic rings. The first-order chi connectivity index (χ1) is 13.8. The highest BCUT2D eigenvalue weighted by atomic mass is 15.3. The highest BCUT2D eigenvalue weighted by molar-refractivity contribution is 5.80. The van der Waals surface area contributed by atoms with E-state index in [0.717, 1.165) is 38.6 Å². The molecule has 1 saturated heterocycles. The number of nitrogens with zero attached hydrogens (tertiary/aromatic N) is 5. The van der Waals surface area contributed by atoms with Crippen LogP contribution in [0, 0.1) is 5.92 Å². The second-order valence-electron chi connectivity index (χ2n) is 7.68. The van der Waals surface area contributed by atoms with Gasteiger partial charge in [-0.3, -0.25) is 4.99 Å². The molecular formula is C22H30N6. The average Bonchev–Trinajstić information content (AvgIpc) is 3.39. The number of aliphatic imine (C=N–C) groups is 1. The Balaban J connectivity index is 1.31. The van der Waals surface area contributed by atoms with Crippen LogP contribution in [0.25, 0.3) is 10.9 Å². The third-order valence-corrected chi connectivity index (χ3v) is 5.88. The smallest absolute Gasteiger partial charge is 0.193 e. The molecule has 1 N–H and O–H groups in total. The summed E-state index contributed by atoms with van der Waals surface area (Å²) >= 11 is 0. The normalized spacial score (nSPS) is 20.6. The number of fused-ring (bicyclic) bond motifs is 1. The molecule has 0 aliphatic carbocycles. The van der Waals surface area contributed by atoms with E-state index in [-0.39, 0.29) is 0 Å². The van der Waals surface area contributed by atoms with Crippen LogP contribution in [0.4, 0.5) is 0 Å². The molecule has 1 aliphatic heterocycles. The molecule has 3 heterocycles. The van der Waals surface area contributed by atoms with E-state index in [1.807, 2.05) is 19.6 Å². The van der Waals surface area contributed by atoms with Gasteiger partial charge in [-0.15, -0.1) is 0 Å². The van der Waals surface area contributed by atoms with Gasteiger partial charge in [-0.1, -0.05) is 25.1 Å². The molecular weight excluding hydrogens is 348 g/mol. The fourth-order valence-electron chi connectivity index (χ4n) is 4.21. The van der Waals surface area contributed by atoms with E-state index < -0.39 is 0 Å². The largest absolute Gasteiger partial charge is 0.356 e. The number of piperidine rings is 1. The highest BCUT2D eigenvalue weighted by Gasteiger charge is 2.28. The van der Waals surface area contributed by atoms with Crippen LogP contribution in [0.2, 0.25) is 0 Å². The lowest BCUT2D eigenvalue weighted by Crippen LogP contribution is -2.49. The molecule has 2 atom stereocenters. The molecule has 0 spiro atoms. The van der Waals surface area contributed by atoms with Crippen LogP contribution in [0.3, 0.4) is 0 Å². The Morgan fingerprint density at radius 1 is 1.25 bits per heavy atom. The Labute approximate surface area is 166 Å². The number of nitrogens with one attached hydrogen (secondary N) is 1. The maximum Gasteiger partial charge on any atom is 0.193 e. The van der Waals surface area contributed by atoms with Crippen molar-refractivity contribution in [2.75, 3.05) is 26.7 Å². The Morgan fingerprint density at radius 3 is 2.96 bits per heavy atom. The summed E-state index contributed by atoms with van der Waals surface area (Å²) in [6.45, 7) is 6.28. The van der Waals surface area contributed by atoms with Crippen LogP contribution in [-0.2, 0) is 6.54 Å². The summed E-state index contributed by atoms with van der Waals surface area (Å²) < 4.78 is 4.57. The lowest BCUT2D eigenvalue weighted by molar-refractivity contribution is 0.189. The first-order valence-corrected chi connectivity index (χ1v) is 10.2. The minimum absolute atomic E-state index is 0.445. The summed E-state index contributed by atoms with van der Waals surface area (Å²) in [5.41, 5.74) is 1.31. The highest BCUT2D eigenvalue weighted by Crippen LogP contribution is 2.27. The van der Waals surface area contributed by atoms with E-state index in [1.54, 1.807) is 0 Å². The number of aromatic nitrogens is 3. The molecule has 0 radical (unpaired) electrons. The Bertz CT molecular complexity index is 910. The molecule has 148 valence electrons. The number of hydrogen-bond donors (Lipinski definition) is 1. The Morgan fingerprint density at radius 2 is 2.14 bits per heavy atom. The Hall–Kier alpha value is -2.76. The SMILES string of the molecule is CN=C(NCCCn1ccc2ccccc21)N1CCC(C)C(n2ccnc2)C1. The molecule has 6 nitrogen and oxygen atoms in total. The maximum atomic E-state index is 4.54. The van der Waals surface area contributed by atoms with E-state index in [0.29, 0.717) is 12.0 Å². The zero-order valence-electron chi connectivity index (χ0n) is 16.8. The zero-order valence-corrected chi connectivity index (χ0v) is 16.8. The average molecular weight is 379 g/mol. The second-order valence-corrected chi connectivity index (χ2v) is 7.68. The first kappa shape index (κ1) is 18.6. The van der Waals surface area contributed by atoms with Crippen molar-refractivity contribution < 1.29 is 0 Å². The van der Waals surface area contributed by atoms with Crippen LogP contribution in [0.15, 0.2) is 60.2 Å². The van der Waals surface area contributed by atoms with Crippen molar-refractivity contribution in [1.82, 2.24) is 24.3 Å². The molecule has 0 bridgehead atoms. The van der Waals surface area contributed by atoms with E-state index >= 15 is 0 Å². The van der Waals surface area contributed by atoms with Crippen molar-refractivity contribution in [3.05, 3.63) is 55.2 Å². The summed E-state index contributed by atoms with van der Waals surface area (Å²) in [5.74, 6) is 1.65. The molecule has 1 aromatic carbocycles. The lowest BCUT2D eigenvalue weighted by atomic mass is 9.93. The molecule has 28 heavy (non-hydrogen) atoms. The summed E-state index contributed by atoms with van der Waals surface area (Å²) in [6.07, 6.45) is 10.3. The number of imidazole rings is 1. The van der Waals surface area contributed by atoms with Gasteiger partial charge >= 0.3 is 0 Å². The number of para-hydroxylation sites is 1. The number of aryl methyl sites for hydroxylation is 1. The summed E-state index contributed by atoms with van der Waals surface area (Å²) in [7, 11) is 1.88. The van der Waals surface area contributed by atoms with E-state index in [9.17, 15) is 0 Å². The van der Waals surface area contributed by atoms with Crippen molar-refractivity contribution in [3.8, 4) is 0 Å². The molecule has 6 heteroatoms. The quantitative estimate of drug-likeness (QED) is 0.421. The lowest BCUT2D eigenvalue weighted by Gasteiger charge is -2.39. The number of guanidine groups is 1. The number of hydrogen-bond acceptors (Lipinski definition) is 2. The van der Waals surface area contributed by atoms with E-state index in [1.165, 1.54) is 17.3 Å². The van der Waals surface area contributed by atoms with Crippen molar-refractivity contribution in [3.63, 3.8) is 0 Å². The van der Waals surface area contributed by atoms with Gasteiger partial charge < -0.3 is 19.4 Å². The van der Waals surface area contributed by atoms with Gasteiger partial charge in [0.25, 0.3) is 0 Å². The zero-order chi connectivity index (χ0) is 19.3. The predicted molar refractivity (Wildman–Crippen MR) is 115 cm³/mol. The van der Waals surface area contributed by atoms with Gasteiger partial charge in [-0.05, 0) is 36.3 Å². The van der Waals surface area contributed by atoms with Gasteiger partial charge in [0.1, 0.15) is 0 Å². The van der Waals surface area contributed by atoms with Gasteiger partial charge in [-0.2, -0.15) is 0 Å². The maximum absolute atomic E-state index is 4.54. The van der Waals surface area contributed by atoms with Gasteiger partial charge in [-0.25, -0.2) is 4.98 Å². The van der Waals surface area contributed by atoms with Crippen molar-refractivity contribution in [2.24, 2.45) is 10.9 Å². The fraction of sp³-hybridized carbons (Fsp3) is 0.455. The van der Waals surface area contributed by atoms with Crippen molar-refractivity contribution in [1.29, 1.82) is 0 Å². The van der Waals surface area contributed by atoms with Crippen LogP contribution in [0.1, 0.15) is 25.8 Å². The van der Waals surface area contributed by atoms with Crippen LogP contribution < -0.4 is 5.32 Å². The molecule has 0 amide bonds. The van der Waals surface area contributed by atoms with Crippen molar-refractivity contribution >= 4 is 16.9 Å². The van der Waals surface area contributed by atoms with Gasteiger partial charge in [0.15, 0.2) is 5.96 Å². The van der Waals surface area contributed by atoms with Crippen LogP contribution in [-0.4, -0.2) is 51.7 Å². The van der Waals surface area contributed by atoms with Crippen LogP contribution >= 0.6 is 0 Å². The van der Waals surface area contributed by atoms with Crippen molar-refractivity contribution in [2.45, 2.75) is 32.4 Å². The third-order valence-electron chi connectivity index (χ3n) is 5.88. The van der Waals surface area contributed by atoms with Gasteiger partial charge in [0.05, 0.1) is 12.4 Å². The molecule has 4 rings (SSSR count). The van der Waals surface area contributed by atoms with Gasteiger partial charge in [0, 0.05) is 57.3 Å². The minimum Gasteiger partial charge on any atom is -0.356 e. The molecule has 2 aromatic heterocycles. The summed E-state index contributed by atoms with van der Waals surface area (Å²) in [5, 5.41) is 4.87. The Kier molecular flexibility index (Phi) is 5.65. The van der Waals surface area contributed by atoms with Gasteiger partial charge in [0.2, 0.25) is 0 Å². The van der Waals surface area contributed by atoms with Crippen LogP contribution in [0.5, 0.6) is 0 Å². The topological polar surface area (TPSA) is 50.4 Å². The molecule has 1 fully saturated rings. The number of rotatable bonds is 5. The molecule has 2 unspecified atom stereocenters. The predicted octanol–water partition coefficient (Wildman–Crippen LogP) is 3.39. The van der Waals surface area contributed by atoms with E-state index in [4.69, 9.17) is 0 Å².